The van der Waals surface area contributed by atoms with Crippen molar-refractivity contribution in [3.8, 4) is 0 Å². The Kier molecular flexibility index (Phi) is 19.4. The summed E-state index contributed by atoms with van der Waals surface area (Å²) < 4.78 is 84.5. The molecule has 7 aliphatic carbocycles. The van der Waals surface area contributed by atoms with Crippen LogP contribution < -0.4 is 19.6 Å². The maximum atomic E-state index is 13.2. The molecule has 0 radical (unpaired) electrons. The number of ether oxygens (including phenoxy) is 1. The van der Waals surface area contributed by atoms with E-state index in [0.717, 1.165) is 282 Å². The molecule has 7 saturated carbocycles. The lowest BCUT2D eigenvalue weighted by atomic mass is 9.57. The predicted octanol–water partition coefficient (Wildman–Crippen LogP) is 20.7. The van der Waals surface area contributed by atoms with Gasteiger partial charge in [0.1, 0.15) is 58.5 Å². The van der Waals surface area contributed by atoms with Gasteiger partial charge in [-0.05, 0) is 306 Å². The van der Waals surface area contributed by atoms with Crippen molar-refractivity contribution in [2.24, 2.45) is 10.8 Å². The maximum absolute atomic E-state index is 13.2. The molecule has 4 N–H and O–H groups in total. The Hall–Kier alpha value is -12.9. The number of nitrogens with one attached hydrogen (secondary N) is 4. The zero-order valence-electron chi connectivity index (χ0n) is 72.9. The number of aromatic nitrogens is 19. The molecule has 7 fully saturated rings. The van der Waals surface area contributed by atoms with Gasteiger partial charge < -0.3 is 39.4 Å². The first-order valence-electron chi connectivity index (χ1n) is 45.6. The average molecular weight is 1790 g/mol. The first kappa shape index (κ1) is 82.5. The number of benzene rings is 3. The summed E-state index contributed by atoms with van der Waals surface area (Å²) >= 11 is 6.15. The second-order valence-corrected chi connectivity index (χ2v) is 38.5. The van der Waals surface area contributed by atoms with Crippen LogP contribution in [0.15, 0.2) is 152 Å². The SMILES string of the molecule is Cc1ccc2nc(C3(c4ccc5c(n4)CCCN5C(=O)OC4CC4)CC4(CC4)C3)[nH]c2c1.Cc1ccc2nc(C3(c4ccc5c(n4)CCCN5c4ccnc(C(F)(F)F)n4)CC4(CC4)C3)[nH]c2c1.Cc1nccc(N2CCCc3nc(C4(c5nc6ccc(Cl)cc6[nH]5)CC4)ccc32)n1.Cc1nccc(N2CCCc3nc(C4(c5nc6ncc(C(F)(F)F)cc6[nH]5)CC4)ccc32)n1. The van der Waals surface area contributed by atoms with Crippen molar-refractivity contribution in [3.05, 3.63) is 260 Å². The molecule has 0 saturated heterocycles. The van der Waals surface area contributed by atoms with E-state index in [4.69, 9.17) is 51.2 Å². The van der Waals surface area contributed by atoms with Gasteiger partial charge in [0.25, 0.3) is 0 Å². The van der Waals surface area contributed by atoms with Crippen LogP contribution in [0.4, 0.5) is 71.3 Å². The molecule has 1 amide bonds. The van der Waals surface area contributed by atoms with Gasteiger partial charge in [0.2, 0.25) is 5.82 Å². The molecule has 2 spiro atoms. The summed E-state index contributed by atoms with van der Waals surface area (Å²) in [4.78, 5) is 103. The molecule has 3 aromatic carbocycles. The fourth-order valence-corrected chi connectivity index (χ4v) is 21.3. The number of anilines is 7. The highest BCUT2D eigenvalue weighted by Crippen LogP contribution is 2.72. The molecule has 25 nitrogen and oxygen atoms in total. The molecule has 131 heavy (non-hydrogen) atoms. The quantitative estimate of drug-likeness (QED) is 0.0826. The van der Waals surface area contributed by atoms with Gasteiger partial charge in [0, 0.05) is 56.0 Å². The largest absolute Gasteiger partial charge is 0.451 e. The van der Waals surface area contributed by atoms with Crippen molar-refractivity contribution in [3.63, 3.8) is 0 Å². The first-order chi connectivity index (χ1) is 63.2. The number of aryl methyl sites for hydroxylation is 8. The smallest absolute Gasteiger partial charge is 0.446 e. The summed E-state index contributed by atoms with van der Waals surface area (Å²) in [5.74, 6) is 6.03. The fourth-order valence-electron chi connectivity index (χ4n) is 21.1. The van der Waals surface area contributed by atoms with Crippen LogP contribution in [-0.4, -0.2) is 133 Å². The number of carbonyl (C=O) groups excluding carboxylic acids is 1. The number of fused-ring (bicyclic) bond motifs is 8. The molecule has 0 atom stereocenters. The van der Waals surface area contributed by atoms with Gasteiger partial charge in [-0.2, -0.15) is 26.3 Å². The molecule has 0 bridgehead atoms. The van der Waals surface area contributed by atoms with Crippen molar-refractivity contribution in [2.45, 2.75) is 209 Å². The van der Waals surface area contributed by atoms with E-state index in [1.165, 1.54) is 49.1 Å². The number of halogens is 7. The van der Waals surface area contributed by atoms with E-state index in [2.05, 4.69) is 150 Å². The van der Waals surface area contributed by atoms with Crippen LogP contribution in [0.3, 0.4) is 0 Å². The lowest BCUT2D eigenvalue weighted by molar-refractivity contribution is -0.145. The fraction of sp³-hybridized carbons (Fsp3) is 0.394. The summed E-state index contributed by atoms with van der Waals surface area (Å²) in [6.07, 6.45) is 18.8. The maximum Gasteiger partial charge on any atom is 0.451 e. The van der Waals surface area contributed by atoms with E-state index in [1.54, 1.807) is 11.1 Å². The third kappa shape index (κ3) is 15.1. The summed E-state index contributed by atoms with van der Waals surface area (Å²) in [7, 11) is 0. The molecular formula is C99H94ClF6N23O2. The second kappa shape index (κ2) is 30.9. The molecule has 26 rings (SSSR count). The van der Waals surface area contributed by atoms with Gasteiger partial charge in [-0.25, -0.2) is 59.6 Å². The molecule has 666 valence electrons. The molecule has 4 aliphatic heterocycles. The zero-order valence-corrected chi connectivity index (χ0v) is 73.6. The monoisotopic (exact) mass is 1790 g/mol. The van der Waals surface area contributed by atoms with Crippen molar-refractivity contribution in [1.29, 1.82) is 0 Å². The minimum atomic E-state index is -4.59. The standard InChI is InChI=1S/C27H25F3N6.C26H28N4O2.C23H21ClN6.C23H20F3N7/c1-16-4-5-17-19(13-16)34-23(33-17)26(14-25(15-26)9-10-25)21-7-6-20-18(32-21)3-2-12-36(20)22-8-11-31-24(35-22)27(28,29)30;1-16-4-7-18-20(13-16)29-23(28-18)26(14-25(15-26)10-11-25)22-9-8-21-19(27-22)3-2-12-30(21)24(31)32-17-5-6-17;1-14-25-11-8-21(26-14)30-12-2-3-17-19(30)6-7-20(27-17)23(9-10-23)22-28-16-5-4-15(24)13-18(16)29-22;1-13-27-9-6-19(29-13)33-10-2-3-15-17(33)4-5-18(30-15)22(7-8-22)21-31-16-11-14(23(24,25)26)12-28-20(16)32-21/h4-8,11,13H,2-3,9-10,12,14-15H2,1H3,(H,33,34);4,7-9,13,17H,2-3,5-6,10-12,14-15H2,1H3,(H,28,29);4-8,11,13H,2-3,9-10,12H2,1H3,(H,28,29);4-6,9,11-12H,2-3,7-8,10H2,1H3,(H,28,31,32). The van der Waals surface area contributed by atoms with Crippen molar-refractivity contribution in [2.75, 3.05) is 45.8 Å². The van der Waals surface area contributed by atoms with Crippen LogP contribution in [0.1, 0.15) is 219 Å². The minimum Gasteiger partial charge on any atom is -0.446 e. The minimum absolute atomic E-state index is 0.116. The van der Waals surface area contributed by atoms with Gasteiger partial charge >= 0.3 is 18.4 Å². The van der Waals surface area contributed by atoms with Gasteiger partial charge in [-0.15, -0.1) is 0 Å². The number of rotatable bonds is 12. The second-order valence-electron chi connectivity index (χ2n) is 38.1. The Morgan fingerprint density at radius 2 is 0.809 bits per heavy atom. The number of amides is 1. The molecule has 15 aromatic rings. The number of imidazole rings is 4. The Bertz CT molecular complexity index is 7070. The highest BCUT2D eigenvalue weighted by atomic mass is 35.5. The summed E-state index contributed by atoms with van der Waals surface area (Å²) in [6.45, 7) is 11.1. The summed E-state index contributed by atoms with van der Waals surface area (Å²) in [5.41, 5.74) is 20.2. The van der Waals surface area contributed by atoms with Crippen LogP contribution in [0.2, 0.25) is 5.02 Å². The molecule has 32 heteroatoms. The van der Waals surface area contributed by atoms with Gasteiger partial charge in [0.05, 0.1) is 134 Å². The van der Waals surface area contributed by atoms with E-state index in [1.807, 2.05) is 73.5 Å². The van der Waals surface area contributed by atoms with Crippen LogP contribution in [-0.2, 0) is 64.4 Å². The van der Waals surface area contributed by atoms with E-state index in [0.29, 0.717) is 35.6 Å². The Labute approximate surface area is 754 Å². The molecular weight excluding hydrogens is 1690 g/mol. The zero-order chi connectivity index (χ0) is 89.3. The Morgan fingerprint density at radius 1 is 0.405 bits per heavy atom. The van der Waals surface area contributed by atoms with Crippen molar-refractivity contribution >= 4 is 102 Å². The van der Waals surface area contributed by atoms with Crippen molar-refractivity contribution in [1.82, 2.24) is 94.7 Å². The highest BCUT2D eigenvalue weighted by molar-refractivity contribution is 6.31. The molecule has 11 aliphatic rings. The third-order valence-corrected chi connectivity index (χ3v) is 28.9. The Morgan fingerprint density at radius 3 is 1.25 bits per heavy atom. The van der Waals surface area contributed by atoms with E-state index in [-0.39, 0.29) is 45.4 Å². The van der Waals surface area contributed by atoms with Crippen molar-refractivity contribution < 1.29 is 35.9 Å². The number of alkyl halides is 6. The number of nitrogens with zero attached hydrogens (tertiary/aromatic N) is 19. The number of pyridine rings is 5. The molecule has 16 heterocycles. The topological polar surface area (TPSA) is 296 Å². The number of carbonyl (C=O) groups is 1. The third-order valence-electron chi connectivity index (χ3n) is 28.7. The van der Waals surface area contributed by atoms with Crippen LogP contribution in [0.25, 0.3) is 44.3 Å². The van der Waals surface area contributed by atoms with Gasteiger partial charge in [-0.3, -0.25) is 24.8 Å². The number of aromatic amines is 4. The van der Waals surface area contributed by atoms with E-state index in [9.17, 15) is 31.1 Å². The lowest BCUT2D eigenvalue weighted by Gasteiger charge is -2.47. The lowest BCUT2D eigenvalue weighted by Crippen LogP contribution is -2.45. The van der Waals surface area contributed by atoms with Gasteiger partial charge in [-0.1, -0.05) is 23.7 Å². The number of hydrogen-bond donors (Lipinski definition) is 4. The van der Waals surface area contributed by atoms with Crippen LogP contribution >= 0.6 is 11.6 Å². The normalized spacial score (nSPS) is 20.0. The Balaban J connectivity index is 0.0000000995. The van der Waals surface area contributed by atoms with E-state index >= 15 is 0 Å². The summed E-state index contributed by atoms with van der Waals surface area (Å²) in [6, 6.07) is 41.6. The van der Waals surface area contributed by atoms with Gasteiger partial charge in [0.15, 0.2) is 5.65 Å². The number of hydrogen-bond acceptors (Lipinski definition) is 20. The first-order valence-corrected chi connectivity index (χ1v) is 46.0. The average Bonchev–Trinajstić information content (AvgIpc) is 1.55. The van der Waals surface area contributed by atoms with E-state index < -0.39 is 29.2 Å². The predicted molar refractivity (Wildman–Crippen MR) is 484 cm³/mol. The van der Waals surface area contributed by atoms with Crippen LogP contribution in [0.5, 0.6) is 0 Å². The molecule has 12 aromatic heterocycles. The molecule has 0 unspecified atom stereocenters. The highest BCUT2D eigenvalue weighted by Gasteiger charge is 2.66. The summed E-state index contributed by atoms with van der Waals surface area (Å²) in [5, 5.41) is 0.717. The number of H-pyrrole nitrogens is 4. The van der Waals surface area contributed by atoms with Crippen LogP contribution in [0, 0.1) is 38.5 Å².